The number of hydrogen-bond acceptors (Lipinski definition) is 5. The van der Waals surface area contributed by atoms with Crippen LogP contribution in [0.1, 0.15) is 35.7 Å². The molecule has 0 bridgehead atoms. The van der Waals surface area contributed by atoms with Gasteiger partial charge in [-0.1, -0.05) is 13.0 Å². The minimum atomic E-state index is -0.389. The minimum Gasteiger partial charge on any atom is -0.369 e. The number of pyridine rings is 1. The van der Waals surface area contributed by atoms with Crippen molar-refractivity contribution in [1.82, 2.24) is 4.98 Å². The Morgan fingerprint density at radius 2 is 2.00 bits per heavy atom. The highest BCUT2D eigenvalue weighted by atomic mass is 32.2. The van der Waals surface area contributed by atoms with Gasteiger partial charge in [0.15, 0.2) is 0 Å². The van der Waals surface area contributed by atoms with Gasteiger partial charge in [0.05, 0.1) is 5.56 Å². The van der Waals surface area contributed by atoms with E-state index in [2.05, 4.69) is 4.90 Å². The molecule has 0 aliphatic carbocycles. The van der Waals surface area contributed by atoms with E-state index in [1.807, 2.05) is 19.9 Å². The zero-order valence-electron chi connectivity index (χ0n) is 17.5. The van der Waals surface area contributed by atoms with Gasteiger partial charge in [0.2, 0.25) is 5.91 Å². The third-order valence-corrected chi connectivity index (χ3v) is 6.24. The highest BCUT2D eigenvalue weighted by Crippen LogP contribution is 2.31. The van der Waals surface area contributed by atoms with Crippen LogP contribution in [0.25, 0.3) is 0 Å². The molecule has 8 heteroatoms. The molecule has 0 radical (unpaired) electrons. The maximum atomic E-state index is 13.6. The second-order valence-corrected chi connectivity index (χ2v) is 8.67. The van der Waals surface area contributed by atoms with Gasteiger partial charge in [0.25, 0.3) is 5.91 Å². The lowest BCUT2D eigenvalue weighted by molar-refractivity contribution is -0.122. The minimum absolute atomic E-state index is 0.0902. The Morgan fingerprint density at radius 3 is 2.60 bits per heavy atom. The predicted molar refractivity (Wildman–Crippen MR) is 119 cm³/mol. The summed E-state index contributed by atoms with van der Waals surface area (Å²) < 4.78 is 13.6. The number of rotatable bonds is 6. The van der Waals surface area contributed by atoms with Gasteiger partial charge in [-0.2, -0.15) is 0 Å². The molecular weight excluding hydrogens is 403 g/mol. The molecule has 1 fully saturated rings. The number of carbonyl (C=O) groups is 2. The summed E-state index contributed by atoms with van der Waals surface area (Å²) in [6.45, 7) is 5.31. The predicted octanol–water partition coefficient (Wildman–Crippen LogP) is 3.62. The molecular formula is C22H27FN4O2S. The molecule has 160 valence electrons. The number of hydrogen-bond donors (Lipinski definition) is 1. The van der Waals surface area contributed by atoms with Crippen molar-refractivity contribution in [3.05, 3.63) is 47.3 Å². The zero-order valence-corrected chi connectivity index (χ0v) is 18.3. The molecule has 1 aromatic heterocycles. The number of anilines is 2. The lowest BCUT2D eigenvalue weighted by atomic mass is 9.96. The van der Waals surface area contributed by atoms with Crippen LogP contribution in [-0.2, 0) is 4.79 Å². The summed E-state index contributed by atoms with van der Waals surface area (Å²) in [7, 11) is 1.64. The number of nitrogens with two attached hydrogens (primary N) is 1. The first-order valence-electron chi connectivity index (χ1n) is 10.0. The van der Waals surface area contributed by atoms with Gasteiger partial charge in [-0.3, -0.25) is 9.59 Å². The number of aryl methyl sites for hydroxylation is 1. The third-order valence-electron chi connectivity index (χ3n) is 5.39. The van der Waals surface area contributed by atoms with E-state index in [1.54, 1.807) is 19.2 Å². The number of amides is 2. The van der Waals surface area contributed by atoms with Crippen LogP contribution in [-0.4, -0.2) is 42.7 Å². The summed E-state index contributed by atoms with van der Waals surface area (Å²) in [5, 5.41) is 0.665. The normalized spacial score (nSPS) is 14.6. The molecule has 2 heterocycles. The van der Waals surface area contributed by atoms with E-state index in [0.29, 0.717) is 42.2 Å². The van der Waals surface area contributed by atoms with E-state index in [1.165, 1.54) is 28.8 Å². The SMILES string of the molecule is CCSc1nc(N2CCC(C(N)=O)CC2)cc(C)c1C(=O)N(C)c1cccc(F)c1. The van der Waals surface area contributed by atoms with Gasteiger partial charge >= 0.3 is 0 Å². The molecule has 1 aliphatic rings. The summed E-state index contributed by atoms with van der Waals surface area (Å²) in [4.78, 5) is 33.1. The molecule has 2 aromatic rings. The third kappa shape index (κ3) is 4.75. The fourth-order valence-corrected chi connectivity index (χ4v) is 4.48. The van der Waals surface area contributed by atoms with Gasteiger partial charge < -0.3 is 15.5 Å². The van der Waals surface area contributed by atoms with E-state index in [4.69, 9.17) is 10.7 Å². The Morgan fingerprint density at radius 1 is 1.30 bits per heavy atom. The van der Waals surface area contributed by atoms with E-state index >= 15 is 0 Å². The van der Waals surface area contributed by atoms with Crippen LogP contribution in [0.5, 0.6) is 0 Å². The number of thioether (sulfide) groups is 1. The first-order valence-corrected chi connectivity index (χ1v) is 11.0. The van der Waals surface area contributed by atoms with Crippen molar-refractivity contribution < 1.29 is 14.0 Å². The Balaban J connectivity index is 1.90. The van der Waals surface area contributed by atoms with Crippen LogP contribution in [0.2, 0.25) is 0 Å². The highest BCUT2D eigenvalue weighted by molar-refractivity contribution is 7.99. The summed E-state index contributed by atoms with van der Waals surface area (Å²) >= 11 is 1.51. The van der Waals surface area contributed by atoms with Crippen LogP contribution in [0.3, 0.4) is 0 Å². The van der Waals surface area contributed by atoms with Crippen LogP contribution in [0, 0.1) is 18.7 Å². The van der Waals surface area contributed by atoms with Crippen LogP contribution < -0.4 is 15.5 Å². The van der Waals surface area contributed by atoms with Gasteiger partial charge in [-0.25, -0.2) is 9.37 Å². The van der Waals surface area contributed by atoms with Gasteiger partial charge in [-0.15, -0.1) is 11.8 Å². The second kappa shape index (κ2) is 9.47. The average molecular weight is 431 g/mol. The van der Waals surface area contributed by atoms with Crippen LogP contribution in [0.15, 0.2) is 35.4 Å². The van der Waals surface area contributed by atoms with Gasteiger partial charge in [0, 0.05) is 31.7 Å². The Hall–Kier alpha value is -2.61. The maximum Gasteiger partial charge on any atom is 0.261 e. The summed E-state index contributed by atoms with van der Waals surface area (Å²) in [6, 6.07) is 7.89. The molecule has 0 unspecified atom stereocenters. The maximum absolute atomic E-state index is 13.6. The number of aromatic nitrogens is 1. The quantitative estimate of drug-likeness (QED) is 0.708. The topological polar surface area (TPSA) is 79.5 Å². The Kier molecular flexibility index (Phi) is 6.97. The first kappa shape index (κ1) is 22.1. The standard InChI is InChI=1S/C22H27FN4O2S/c1-4-30-21-19(22(29)26(3)17-7-5-6-16(23)13-17)14(2)12-18(25-21)27-10-8-15(9-11-27)20(24)28/h5-7,12-13,15H,4,8-11H2,1-3H3,(H2,24,28). The zero-order chi connectivity index (χ0) is 21.8. The number of benzene rings is 1. The molecule has 2 amide bonds. The molecule has 30 heavy (non-hydrogen) atoms. The van der Waals surface area contributed by atoms with E-state index in [-0.39, 0.29) is 23.5 Å². The molecule has 6 nitrogen and oxygen atoms in total. The van der Waals surface area contributed by atoms with Crippen molar-refractivity contribution in [1.29, 1.82) is 0 Å². The van der Waals surface area contributed by atoms with Crippen molar-refractivity contribution in [2.24, 2.45) is 11.7 Å². The smallest absolute Gasteiger partial charge is 0.261 e. The van der Waals surface area contributed by atoms with E-state index in [0.717, 1.165) is 17.1 Å². The molecule has 1 saturated heterocycles. The number of carbonyl (C=O) groups excluding carboxylic acids is 2. The number of primary amides is 1. The fourth-order valence-electron chi connectivity index (χ4n) is 3.65. The summed E-state index contributed by atoms with van der Waals surface area (Å²) in [5.41, 5.74) is 7.28. The van der Waals surface area contributed by atoms with E-state index in [9.17, 15) is 14.0 Å². The summed E-state index contributed by atoms with van der Waals surface area (Å²) in [6.07, 6.45) is 1.41. The Labute approximate surface area is 180 Å². The van der Waals surface area contributed by atoms with Crippen molar-refractivity contribution in [3.8, 4) is 0 Å². The molecule has 0 saturated carbocycles. The van der Waals surface area contributed by atoms with Crippen LogP contribution >= 0.6 is 11.8 Å². The van der Waals surface area contributed by atoms with Crippen molar-refractivity contribution in [3.63, 3.8) is 0 Å². The lowest BCUT2D eigenvalue weighted by Crippen LogP contribution is -2.39. The van der Waals surface area contributed by atoms with Crippen molar-refractivity contribution in [2.75, 3.05) is 35.7 Å². The monoisotopic (exact) mass is 430 g/mol. The lowest BCUT2D eigenvalue weighted by Gasteiger charge is -2.32. The average Bonchev–Trinajstić information content (AvgIpc) is 2.73. The van der Waals surface area contributed by atoms with Gasteiger partial charge in [-0.05, 0) is 55.3 Å². The largest absolute Gasteiger partial charge is 0.369 e. The molecule has 2 N–H and O–H groups in total. The number of halogens is 1. The molecule has 0 atom stereocenters. The molecule has 0 spiro atoms. The molecule has 1 aromatic carbocycles. The first-order chi connectivity index (χ1) is 14.3. The molecule has 1 aliphatic heterocycles. The number of piperidine rings is 1. The molecule has 3 rings (SSSR count). The van der Waals surface area contributed by atoms with Crippen molar-refractivity contribution >= 4 is 35.1 Å². The van der Waals surface area contributed by atoms with Crippen LogP contribution in [0.4, 0.5) is 15.9 Å². The van der Waals surface area contributed by atoms with Crippen molar-refractivity contribution in [2.45, 2.75) is 31.7 Å². The Bertz CT molecular complexity index is 945. The fraction of sp³-hybridized carbons (Fsp3) is 0.409. The second-order valence-electron chi connectivity index (χ2n) is 7.42. The van der Waals surface area contributed by atoms with Gasteiger partial charge in [0.1, 0.15) is 16.7 Å². The number of nitrogens with zero attached hydrogens (tertiary/aromatic N) is 3. The highest BCUT2D eigenvalue weighted by Gasteiger charge is 2.27. The van der Waals surface area contributed by atoms with E-state index < -0.39 is 0 Å². The summed E-state index contributed by atoms with van der Waals surface area (Å²) in [5.74, 6) is 0.621.